The second-order valence-corrected chi connectivity index (χ2v) is 5.87. The van der Waals surface area contributed by atoms with Crippen LogP contribution in [-0.4, -0.2) is 17.8 Å². The first-order valence-electron chi connectivity index (χ1n) is 7.45. The highest BCUT2D eigenvalue weighted by Crippen LogP contribution is 2.21. The highest BCUT2D eigenvalue weighted by Gasteiger charge is 2.21. The van der Waals surface area contributed by atoms with Crippen molar-refractivity contribution in [2.24, 2.45) is 0 Å². The van der Waals surface area contributed by atoms with Crippen LogP contribution in [0.5, 0.6) is 5.75 Å². The molecule has 0 amide bonds. The van der Waals surface area contributed by atoms with E-state index in [1.807, 2.05) is 31.2 Å². The van der Waals surface area contributed by atoms with E-state index in [1.54, 1.807) is 7.11 Å². The van der Waals surface area contributed by atoms with Crippen LogP contribution in [0.2, 0.25) is 0 Å². The molecule has 0 heterocycles. The van der Waals surface area contributed by atoms with E-state index in [2.05, 4.69) is 31.2 Å². The quantitative estimate of drug-likeness (QED) is 0.874. The van der Waals surface area contributed by atoms with E-state index in [1.165, 1.54) is 11.1 Å². The van der Waals surface area contributed by atoms with Gasteiger partial charge in [-0.3, -0.25) is 0 Å². The molecule has 1 atom stereocenters. The summed E-state index contributed by atoms with van der Waals surface area (Å²) >= 11 is 0. The van der Waals surface area contributed by atoms with E-state index in [4.69, 9.17) is 4.74 Å². The van der Waals surface area contributed by atoms with E-state index in [0.717, 1.165) is 17.7 Å². The Morgan fingerprint density at radius 2 is 1.29 bits per heavy atom. The molecule has 2 aromatic rings. The predicted molar refractivity (Wildman–Crippen MR) is 86.8 cm³/mol. The predicted octanol–water partition coefficient (Wildman–Crippen LogP) is 3.79. The normalized spacial score (nSPS) is 13.7. The molecule has 0 aliphatic rings. The highest BCUT2D eigenvalue weighted by molar-refractivity contribution is 5.29. The third-order valence-electron chi connectivity index (χ3n) is 3.76. The number of rotatable bonds is 6. The van der Waals surface area contributed by atoms with Crippen molar-refractivity contribution in [3.8, 4) is 5.75 Å². The largest absolute Gasteiger partial charge is 0.497 e. The Morgan fingerprint density at radius 1 is 0.857 bits per heavy atom. The average molecular weight is 284 g/mol. The van der Waals surface area contributed by atoms with Crippen molar-refractivity contribution >= 4 is 0 Å². The fourth-order valence-corrected chi connectivity index (χ4v) is 2.58. The van der Waals surface area contributed by atoms with Gasteiger partial charge in [-0.1, -0.05) is 43.3 Å². The number of aryl methyl sites for hydroxylation is 1. The molecule has 21 heavy (non-hydrogen) atoms. The van der Waals surface area contributed by atoms with Crippen LogP contribution < -0.4 is 4.74 Å². The van der Waals surface area contributed by atoms with Crippen LogP contribution >= 0.6 is 0 Å². The molecule has 0 aliphatic carbocycles. The summed E-state index contributed by atoms with van der Waals surface area (Å²) in [6.07, 6.45) is 2.33. The SMILES string of the molecule is CCc1ccc(CC(C)(O)Cc2ccc(OC)cc2)cc1. The van der Waals surface area contributed by atoms with Crippen molar-refractivity contribution < 1.29 is 9.84 Å². The van der Waals surface area contributed by atoms with E-state index in [9.17, 15) is 5.11 Å². The molecule has 2 nitrogen and oxygen atoms in total. The van der Waals surface area contributed by atoms with Gasteiger partial charge in [0.25, 0.3) is 0 Å². The third-order valence-corrected chi connectivity index (χ3v) is 3.76. The molecule has 0 radical (unpaired) electrons. The maximum absolute atomic E-state index is 10.6. The number of hydrogen-bond donors (Lipinski definition) is 1. The molecule has 0 spiro atoms. The van der Waals surface area contributed by atoms with Gasteiger partial charge in [0.1, 0.15) is 5.75 Å². The first-order valence-corrected chi connectivity index (χ1v) is 7.45. The molecular formula is C19H24O2. The van der Waals surface area contributed by atoms with Crippen LogP contribution in [0.1, 0.15) is 30.5 Å². The van der Waals surface area contributed by atoms with Gasteiger partial charge in [0.15, 0.2) is 0 Å². The molecule has 0 saturated heterocycles. The van der Waals surface area contributed by atoms with E-state index < -0.39 is 5.60 Å². The summed E-state index contributed by atoms with van der Waals surface area (Å²) < 4.78 is 5.15. The van der Waals surface area contributed by atoms with Crippen LogP contribution in [0.4, 0.5) is 0 Å². The zero-order valence-corrected chi connectivity index (χ0v) is 13.1. The van der Waals surface area contributed by atoms with E-state index >= 15 is 0 Å². The summed E-state index contributed by atoms with van der Waals surface area (Å²) in [7, 11) is 1.66. The summed E-state index contributed by atoms with van der Waals surface area (Å²) in [5.41, 5.74) is 2.87. The second-order valence-electron chi connectivity index (χ2n) is 5.87. The number of ether oxygens (including phenoxy) is 1. The molecule has 2 heteroatoms. The molecule has 2 rings (SSSR count). The highest BCUT2D eigenvalue weighted by atomic mass is 16.5. The van der Waals surface area contributed by atoms with Gasteiger partial charge in [-0.25, -0.2) is 0 Å². The third kappa shape index (κ3) is 4.61. The molecule has 112 valence electrons. The number of benzene rings is 2. The summed E-state index contributed by atoms with van der Waals surface area (Å²) in [6, 6.07) is 16.4. The standard InChI is InChI=1S/C19H24O2/c1-4-15-5-7-16(8-6-15)13-19(2,20)14-17-9-11-18(21-3)12-10-17/h5-12,20H,4,13-14H2,1-3H3. The number of hydrogen-bond acceptors (Lipinski definition) is 2. The topological polar surface area (TPSA) is 29.5 Å². The Morgan fingerprint density at radius 3 is 1.71 bits per heavy atom. The Balaban J connectivity index is 2.02. The minimum atomic E-state index is -0.748. The summed E-state index contributed by atoms with van der Waals surface area (Å²) in [5, 5.41) is 10.6. The fourth-order valence-electron chi connectivity index (χ4n) is 2.58. The van der Waals surface area contributed by atoms with Crippen molar-refractivity contribution in [1.29, 1.82) is 0 Å². The molecule has 1 N–H and O–H groups in total. The molecule has 0 aromatic heterocycles. The molecule has 0 saturated carbocycles. The maximum atomic E-state index is 10.6. The first kappa shape index (κ1) is 15.6. The summed E-state index contributed by atoms with van der Waals surface area (Å²) in [6.45, 7) is 4.04. The lowest BCUT2D eigenvalue weighted by molar-refractivity contribution is 0.0608. The van der Waals surface area contributed by atoms with Gasteiger partial charge >= 0.3 is 0 Å². The van der Waals surface area contributed by atoms with E-state index in [-0.39, 0.29) is 0 Å². The van der Waals surface area contributed by atoms with Crippen LogP contribution in [0.25, 0.3) is 0 Å². The van der Waals surface area contributed by atoms with Gasteiger partial charge in [0.05, 0.1) is 12.7 Å². The van der Waals surface area contributed by atoms with Crippen LogP contribution in [-0.2, 0) is 19.3 Å². The summed E-state index contributed by atoms with van der Waals surface area (Å²) in [5.74, 6) is 0.841. The van der Waals surface area contributed by atoms with Crippen molar-refractivity contribution in [1.82, 2.24) is 0 Å². The number of aliphatic hydroxyl groups is 1. The van der Waals surface area contributed by atoms with Gasteiger partial charge in [0.2, 0.25) is 0 Å². The Labute approximate surface area is 127 Å². The monoisotopic (exact) mass is 284 g/mol. The van der Waals surface area contributed by atoms with E-state index in [0.29, 0.717) is 12.8 Å². The molecule has 0 aliphatic heterocycles. The summed E-state index contributed by atoms with van der Waals surface area (Å²) in [4.78, 5) is 0. The van der Waals surface area contributed by atoms with Crippen molar-refractivity contribution in [2.45, 2.75) is 38.7 Å². The Hall–Kier alpha value is -1.80. The first-order chi connectivity index (χ1) is 10.0. The van der Waals surface area contributed by atoms with Crippen molar-refractivity contribution in [3.63, 3.8) is 0 Å². The lowest BCUT2D eigenvalue weighted by atomic mass is 9.89. The smallest absolute Gasteiger partial charge is 0.118 e. The van der Waals surface area contributed by atoms with Crippen molar-refractivity contribution in [2.75, 3.05) is 7.11 Å². The van der Waals surface area contributed by atoms with Gasteiger partial charge in [-0.2, -0.15) is 0 Å². The van der Waals surface area contributed by atoms with Gasteiger partial charge in [-0.15, -0.1) is 0 Å². The lowest BCUT2D eigenvalue weighted by Crippen LogP contribution is -2.30. The maximum Gasteiger partial charge on any atom is 0.118 e. The zero-order valence-electron chi connectivity index (χ0n) is 13.1. The van der Waals surface area contributed by atoms with Crippen molar-refractivity contribution in [3.05, 3.63) is 65.2 Å². The lowest BCUT2D eigenvalue weighted by Gasteiger charge is -2.24. The Kier molecular flexibility index (Phi) is 5.03. The average Bonchev–Trinajstić information content (AvgIpc) is 2.48. The molecule has 2 aromatic carbocycles. The van der Waals surface area contributed by atoms with Crippen LogP contribution in [0, 0.1) is 0 Å². The zero-order chi connectivity index (χ0) is 15.3. The van der Waals surface area contributed by atoms with Gasteiger partial charge < -0.3 is 9.84 Å². The minimum absolute atomic E-state index is 0.631. The van der Waals surface area contributed by atoms with Crippen LogP contribution in [0.15, 0.2) is 48.5 Å². The Bertz CT molecular complexity index is 502. The molecule has 1 unspecified atom stereocenters. The minimum Gasteiger partial charge on any atom is -0.497 e. The fraction of sp³-hybridized carbons (Fsp3) is 0.368. The molecule has 0 bridgehead atoms. The second kappa shape index (κ2) is 6.77. The molecule has 0 fully saturated rings. The van der Waals surface area contributed by atoms with Crippen LogP contribution in [0.3, 0.4) is 0 Å². The van der Waals surface area contributed by atoms with Gasteiger partial charge in [0, 0.05) is 12.8 Å². The van der Waals surface area contributed by atoms with Gasteiger partial charge in [-0.05, 0) is 42.2 Å². The molecular weight excluding hydrogens is 260 g/mol. The number of methoxy groups -OCH3 is 1.